The van der Waals surface area contributed by atoms with Crippen molar-refractivity contribution in [3.05, 3.63) is 39.5 Å². The zero-order chi connectivity index (χ0) is 14.8. The molecule has 1 aromatic carbocycles. The van der Waals surface area contributed by atoms with Gasteiger partial charge in [0, 0.05) is 15.3 Å². The van der Waals surface area contributed by atoms with Crippen LogP contribution in [0.5, 0.6) is 5.75 Å². The van der Waals surface area contributed by atoms with Gasteiger partial charge in [-0.2, -0.15) is 0 Å². The molecule has 0 atom stereocenters. The van der Waals surface area contributed by atoms with Gasteiger partial charge in [0.05, 0.1) is 24.3 Å². The number of hydrogen-bond acceptors (Lipinski definition) is 5. The lowest BCUT2D eigenvalue weighted by molar-refractivity contribution is 0.285. The SMILES string of the molecule is COc1ccc(Cl)cc1NS(=O)(=O)c1csc(CO)c1. The van der Waals surface area contributed by atoms with E-state index in [-0.39, 0.29) is 17.2 Å². The van der Waals surface area contributed by atoms with Crippen LogP contribution in [-0.2, 0) is 16.6 Å². The van der Waals surface area contributed by atoms with E-state index in [1.54, 1.807) is 12.1 Å². The van der Waals surface area contributed by atoms with Crippen molar-refractivity contribution in [2.24, 2.45) is 0 Å². The Balaban J connectivity index is 2.35. The molecule has 2 aromatic rings. The second-order valence-corrected chi connectivity index (χ2v) is 6.97. The molecule has 0 amide bonds. The average Bonchev–Trinajstić information content (AvgIpc) is 2.88. The molecule has 0 radical (unpaired) electrons. The predicted octanol–water partition coefficient (Wildman–Crippen LogP) is 2.70. The molecule has 0 aliphatic rings. The van der Waals surface area contributed by atoms with Crippen LogP contribution in [0.4, 0.5) is 5.69 Å². The van der Waals surface area contributed by atoms with E-state index in [0.29, 0.717) is 15.6 Å². The fourth-order valence-electron chi connectivity index (χ4n) is 1.55. The number of methoxy groups -OCH3 is 1. The number of sulfonamides is 1. The van der Waals surface area contributed by atoms with Crippen molar-refractivity contribution in [2.45, 2.75) is 11.5 Å². The molecule has 108 valence electrons. The predicted molar refractivity (Wildman–Crippen MR) is 79.1 cm³/mol. The smallest absolute Gasteiger partial charge is 0.262 e. The molecule has 5 nitrogen and oxygen atoms in total. The van der Waals surface area contributed by atoms with E-state index >= 15 is 0 Å². The highest BCUT2D eigenvalue weighted by atomic mass is 35.5. The van der Waals surface area contributed by atoms with E-state index in [4.69, 9.17) is 21.4 Å². The molecule has 0 unspecified atom stereocenters. The lowest BCUT2D eigenvalue weighted by Crippen LogP contribution is -2.12. The summed E-state index contributed by atoms with van der Waals surface area (Å²) in [6, 6.07) is 6.07. The molecule has 20 heavy (non-hydrogen) atoms. The molecule has 2 rings (SSSR count). The molecule has 0 aliphatic carbocycles. The first kappa shape index (κ1) is 15.1. The summed E-state index contributed by atoms with van der Waals surface area (Å²) in [6.07, 6.45) is 0. The molecular weight excluding hydrogens is 322 g/mol. The lowest BCUT2D eigenvalue weighted by atomic mass is 10.3. The zero-order valence-corrected chi connectivity index (χ0v) is 12.8. The summed E-state index contributed by atoms with van der Waals surface area (Å²) in [5, 5.41) is 10.8. The summed E-state index contributed by atoms with van der Waals surface area (Å²) in [5.41, 5.74) is 0.261. The maximum Gasteiger partial charge on any atom is 0.262 e. The fourth-order valence-corrected chi connectivity index (χ4v) is 3.92. The first-order chi connectivity index (χ1) is 9.46. The zero-order valence-electron chi connectivity index (χ0n) is 10.5. The molecule has 8 heteroatoms. The number of benzene rings is 1. The van der Waals surface area contributed by atoms with Gasteiger partial charge in [0.25, 0.3) is 10.0 Å². The van der Waals surface area contributed by atoms with Gasteiger partial charge >= 0.3 is 0 Å². The molecule has 0 saturated carbocycles. The van der Waals surface area contributed by atoms with Crippen molar-refractivity contribution in [3.63, 3.8) is 0 Å². The minimum absolute atomic E-state index is 0.0913. The van der Waals surface area contributed by atoms with Crippen LogP contribution in [0.1, 0.15) is 4.88 Å². The van der Waals surface area contributed by atoms with E-state index in [1.165, 1.54) is 36.0 Å². The second-order valence-electron chi connectivity index (χ2n) is 3.86. The van der Waals surface area contributed by atoms with E-state index in [9.17, 15) is 8.42 Å². The standard InChI is InChI=1S/C12H12ClNO4S2/c1-18-12-3-2-8(13)4-11(12)14-20(16,17)10-5-9(6-15)19-7-10/h2-5,7,14-15H,6H2,1H3. The summed E-state index contributed by atoms with van der Waals surface area (Å²) < 4.78 is 32.0. The maximum absolute atomic E-state index is 12.2. The van der Waals surface area contributed by atoms with E-state index in [2.05, 4.69) is 4.72 Å². The highest BCUT2D eigenvalue weighted by molar-refractivity contribution is 7.92. The Labute approximate surface area is 125 Å². The number of anilines is 1. The summed E-state index contributed by atoms with van der Waals surface area (Å²) >= 11 is 7.03. The number of halogens is 1. The Bertz CT molecular complexity index is 712. The van der Waals surface area contributed by atoms with Crippen molar-refractivity contribution in [3.8, 4) is 5.75 Å². The van der Waals surface area contributed by atoms with E-state index < -0.39 is 10.0 Å². The third-order valence-corrected chi connectivity index (χ3v) is 5.15. The Morgan fingerprint density at radius 3 is 2.75 bits per heavy atom. The number of ether oxygens (including phenoxy) is 1. The number of rotatable bonds is 5. The summed E-state index contributed by atoms with van der Waals surface area (Å²) in [6.45, 7) is -0.194. The van der Waals surface area contributed by atoms with Crippen LogP contribution in [0, 0.1) is 0 Å². The normalized spacial score (nSPS) is 11.3. The first-order valence-corrected chi connectivity index (χ1v) is 8.25. The summed E-state index contributed by atoms with van der Waals surface area (Å²) in [5.74, 6) is 0.371. The van der Waals surface area contributed by atoms with E-state index in [1.807, 2.05) is 0 Å². The van der Waals surface area contributed by atoms with Gasteiger partial charge in [-0.05, 0) is 24.3 Å². The van der Waals surface area contributed by atoms with Gasteiger partial charge in [-0.3, -0.25) is 4.72 Å². The van der Waals surface area contributed by atoms with Crippen LogP contribution in [-0.4, -0.2) is 20.6 Å². The quantitative estimate of drug-likeness (QED) is 0.882. The topological polar surface area (TPSA) is 75.6 Å². The third kappa shape index (κ3) is 3.24. The molecule has 1 aromatic heterocycles. The molecule has 0 spiro atoms. The molecular formula is C12H12ClNO4S2. The highest BCUT2D eigenvalue weighted by Gasteiger charge is 2.18. The van der Waals surface area contributed by atoms with Gasteiger partial charge in [0.1, 0.15) is 5.75 Å². The molecule has 0 bridgehead atoms. The van der Waals surface area contributed by atoms with Crippen molar-refractivity contribution in [1.29, 1.82) is 0 Å². The van der Waals surface area contributed by atoms with Crippen LogP contribution in [0.2, 0.25) is 5.02 Å². The first-order valence-electron chi connectivity index (χ1n) is 5.51. The molecule has 0 aliphatic heterocycles. The lowest BCUT2D eigenvalue weighted by Gasteiger charge is -2.11. The third-order valence-electron chi connectivity index (χ3n) is 2.50. The number of hydrogen-bond donors (Lipinski definition) is 2. The van der Waals surface area contributed by atoms with Crippen LogP contribution in [0.25, 0.3) is 0 Å². The minimum atomic E-state index is -3.74. The largest absolute Gasteiger partial charge is 0.495 e. The molecule has 2 N–H and O–H groups in total. The van der Waals surface area contributed by atoms with E-state index in [0.717, 1.165) is 0 Å². The van der Waals surface area contributed by atoms with Crippen LogP contribution in [0.15, 0.2) is 34.5 Å². The Morgan fingerprint density at radius 2 is 2.15 bits per heavy atom. The van der Waals surface area contributed by atoms with Crippen molar-refractivity contribution >= 4 is 38.6 Å². The number of thiophene rings is 1. The second kappa shape index (κ2) is 6.01. The Hall–Kier alpha value is -1.28. The van der Waals surface area contributed by atoms with Gasteiger partial charge < -0.3 is 9.84 Å². The molecule has 0 fully saturated rings. The molecule has 1 heterocycles. The van der Waals surface area contributed by atoms with Gasteiger partial charge in [0.2, 0.25) is 0 Å². The van der Waals surface area contributed by atoms with Gasteiger partial charge in [-0.1, -0.05) is 11.6 Å². The Morgan fingerprint density at radius 1 is 1.40 bits per heavy atom. The van der Waals surface area contributed by atoms with Gasteiger partial charge in [-0.15, -0.1) is 11.3 Å². The van der Waals surface area contributed by atoms with Crippen LogP contribution in [0.3, 0.4) is 0 Å². The van der Waals surface area contributed by atoms with Crippen molar-refractivity contribution in [2.75, 3.05) is 11.8 Å². The van der Waals surface area contributed by atoms with Crippen molar-refractivity contribution in [1.82, 2.24) is 0 Å². The van der Waals surface area contributed by atoms with Crippen LogP contribution < -0.4 is 9.46 Å². The number of aliphatic hydroxyl groups is 1. The highest BCUT2D eigenvalue weighted by Crippen LogP contribution is 2.30. The van der Waals surface area contributed by atoms with Gasteiger partial charge in [-0.25, -0.2) is 8.42 Å². The fraction of sp³-hybridized carbons (Fsp3) is 0.167. The van der Waals surface area contributed by atoms with Crippen molar-refractivity contribution < 1.29 is 18.3 Å². The minimum Gasteiger partial charge on any atom is -0.495 e. The average molecular weight is 334 g/mol. The number of nitrogens with one attached hydrogen (secondary N) is 1. The van der Waals surface area contributed by atoms with Crippen LogP contribution >= 0.6 is 22.9 Å². The molecule has 0 saturated heterocycles. The number of aliphatic hydroxyl groups excluding tert-OH is 1. The monoisotopic (exact) mass is 333 g/mol. The van der Waals surface area contributed by atoms with Gasteiger partial charge in [0.15, 0.2) is 0 Å². The summed E-state index contributed by atoms with van der Waals surface area (Å²) in [7, 11) is -2.30. The summed E-state index contributed by atoms with van der Waals surface area (Å²) in [4.78, 5) is 0.664. The maximum atomic E-state index is 12.2. The Kier molecular flexibility index (Phi) is 4.54.